The largest absolute Gasteiger partial charge is 0.356 e. The predicted octanol–water partition coefficient (Wildman–Crippen LogP) is 3.15. The van der Waals surface area contributed by atoms with Crippen LogP contribution in [0.1, 0.15) is 12.0 Å². The third-order valence-corrected chi connectivity index (χ3v) is 7.92. The quantitative estimate of drug-likeness (QED) is 0.425. The Morgan fingerprint density at radius 1 is 0.788 bits per heavy atom. The minimum atomic E-state index is -3.86. The molecule has 0 spiro atoms. The third kappa shape index (κ3) is 7.13. The average Bonchev–Trinajstić information content (AvgIpc) is 2.79. The highest BCUT2D eigenvalue weighted by atomic mass is 32.2. The minimum Gasteiger partial charge on any atom is -0.356 e. The Hall–Kier alpha value is -3.24. The Balaban J connectivity index is 1.46. The second kappa shape index (κ2) is 10.6. The van der Waals surface area contributed by atoms with E-state index in [4.69, 9.17) is 0 Å². The van der Waals surface area contributed by atoms with Gasteiger partial charge in [0.15, 0.2) is 9.84 Å². The van der Waals surface area contributed by atoms with Gasteiger partial charge in [-0.3, -0.25) is 9.52 Å². The maximum absolute atomic E-state index is 13.0. The molecule has 3 aromatic carbocycles. The number of carbonyl (C=O) groups is 1. The molecule has 0 aliphatic carbocycles. The molecule has 0 heterocycles. The van der Waals surface area contributed by atoms with E-state index in [-0.39, 0.29) is 40.8 Å². The van der Waals surface area contributed by atoms with Gasteiger partial charge in [-0.05, 0) is 60.5 Å². The predicted molar refractivity (Wildman–Crippen MR) is 123 cm³/mol. The summed E-state index contributed by atoms with van der Waals surface area (Å²) in [7, 11) is -7.24. The molecule has 7 nitrogen and oxygen atoms in total. The van der Waals surface area contributed by atoms with Crippen molar-refractivity contribution in [3.8, 4) is 0 Å². The van der Waals surface area contributed by atoms with E-state index >= 15 is 0 Å². The molecule has 3 aromatic rings. The van der Waals surface area contributed by atoms with Gasteiger partial charge in [0.2, 0.25) is 5.91 Å². The van der Waals surface area contributed by atoms with Crippen molar-refractivity contribution >= 4 is 31.5 Å². The summed E-state index contributed by atoms with van der Waals surface area (Å²) in [6, 6.07) is 18.9. The number of amides is 1. The molecular formula is C23H23FN2O5S2. The van der Waals surface area contributed by atoms with Crippen LogP contribution in [0.25, 0.3) is 0 Å². The normalized spacial score (nSPS) is 11.7. The van der Waals surface area contributed by atoms with Gasteiger partial charge in [0.1, 0.15) is 5.82 Å². The van der Waals surface area contributed by atoms with Crippen molar-refractivity contribution in [3.05, 3.63) is 90.2 Å². The van der Waals surface area contributed by atoms with Gasteiger partial charge in [-0.2, -0.15) is 0 Å². The van der Waals surface area contributed by atoms with Crippen molar-refractivity contribution in [3.63, 3.8) is 0 Å². The van der Waals surface area contributed by atoms with Crippen LogP contribution in [0.5, 0.6) is 0 Å². The Morgan fingerprint density at radius 2 is 1.42 bits per heavy atom. The van der Waals surface area contributed by atoms with E-state index in [9.17, 15) is 26.0 Å². The molecule has 0 atom stereocenters. The molecule has 174 valence electrons. The summed E-state index contributed by atoms with van der Waals surface area (Å²) in [4.78, 5) is 12.3. The zero-order chi connectivity index (χ0) is 23.9. The number of anilines is 1. The summed E-state index contributed by atoms with van der Waals surface area (Å²) in [6.45, 7) is 0.223. The summed E-state index contributed by atoms with van der Waals surface area (Å²) >= 11 is 0. The highest BCUT2D eigenvalue weighted by Gasteiger charge is 2.15. The van der Waals surface area contributed by atoms with Crippen LogP contribution in [0, 0.1) is 5.82 Å². The summed E-state index contributed by atoms with van der Waals surface area (Å²) in [6.07, 6.45) is 0.351. The third-order valence-electron chi connectivity index (χ3n) is 4.71. The van der Waals surface area contributed by atoms with Gasteiger partial charge in [0.05, 0.1) is 22.0 Å². The highest BCUT2D eigenvalue weighted by Crippen LogP contribution is 2.17. The van der Waals surface area contributed by atoms with Crippen LogP contribution in [0.15, 0.2) is 88.7 Å². The number of nitrogens with one attached hydrogen (secondary N) is 2. The standard InChI is InChI=1S/C23H23FN2O5S2/c24-19-9-13-22(14-10-19)33(30,31)26-20-11-7-18(8-12-20)17-23(27)25-15-4-16-32(28,29)21-5-2-1-3-6-21/h1-3,5-14,26H,4,15-17H2,(H,25,27). The van der Waals surface area contributed by atoms with Crippen LogP contribution in [0.2, 0.25) is 0 Å². The molecule has 33 heavy (non-hydrogen) atoms. The molecule has 0 unspecified atom stereocenters. The molecule has 0 saturated carbocycles. The van der Waals surface area contributed by atoms with E-state index in [2.05, 4.69) is 10.0 Å². The lowest BCUT2D eigenvalue weighted by Gasteiger charge is -2.09. The van der Waals surface area contributed by atoms with Crippen molar-refractivity contribution in [2.24, 2.45) is 0 Å². The van der Waals surface area contributed by atoms with Crippen LogP contribution < -0.4 is 10.0 Å². The van der Waals surface area contributed by atoms with Gasteiger partial charge < -0.3 is 5.32 Å². The van der Waals surface area contributed by atoms with E-state index in [1.54, 1.807) is 30.3 Å². The molecule has 1 amide bonds. The van der Waals surface area contributed by atoms with E-state index in [1.165, 1.54) is 36.4 Å². The molecule has 0 aliphatic heterocycles. The van der Waals surface area contributed by atoms with Gasteiger partial charge in [-0.1, -0.05) is 30.3 Å². The number of hydrogen-bond donors (Lipinski definition) is 2. The molecule has 2 N–H and O–H groups in total. The second-order valence-electron chi connectivity index (χ2n) is 7.27. The molecule has 3 rings (SSSR count). The molecule has 0 radical (unpaired) electrons. The maximum Gasteiger partial charge on any atom is 0.261 e. The number of rotatable bonds is 10. The second-order valence-corrected chi connectivity index (χ2v) is 11.1. The Morgan fingerprint density at radius 3 is 2.06 bits per heavy atom. The Labute approximate surface area is 192 Å². The lowest BCUT2D eigenvalue weighted by Crippen LogP contribution is -2.27. The monoisotopic (exact) mass is 490 g/mol. The van der Waals surface area contributed by atoms with Crippen molar-refractivity contribution < 1.29 is 26.0 Å². The zero-order valence-corrected chi connectivity index (χ0v) is 19.2. The van der Waals surface area contributed by atoms with E-state index in [0.717, 1.165) is 12.1 Å². The molecule has 0 fully saturated rings. The lowest BCUT2D eigenvalue weighted by molar-refractivity contribution is -0.120. The summed E-state index contributed by atoms with van der Waals surface area (Å²) in [5.74, 6) is -0.874. The minimum absolute atomic E-state index is 0.0659. The SMILES string of the molecule is O=C(Cc1ccc(NS(=O)(=O)c2ccc(F)cc2)cc1)NCCCS(=O)(=O)c1ccccc1. The summed E-state index contributed by atoms with van der Waals surface area (Å²) < 4.78 is 64.5. The van der Waals surface area contributed by atoms with Crippen LogP contribution in [-0.2, 0) is 31.1 Å². The number of carbonyl (C=O) groups excluding carboxylic acids is 1. The molecule has 0 bridgehead atoms. The average molecular weight is 491 g/mol. The molecule has 10 heteroatoms. The zero-order valence-electron chi connectivity index (χ0n) is 17.6. The number of benzene rings is 3. The molecular weight excluding hydrogens is 467 g/mol. The first-order valence-corrected chi connectivity index (χ1v) is 13.2. The highest BCUT2D eigenvalue weighted by molar-refractivity contribution is 7.92. The van der Waals surface area contributed by atoms with Gasteiger partial charge in [0, 0.05) is 12.2 Å². The smallest absolute Gasteiger partial charge is 0.261 e. The van der Waals surface area contributed by atoms with Crippen LogP contribution >= 0.6 is 0 Å². The van der Waals surface area contributed by atoms with Crippen molar-refractivity contribution in [1.82, 2.24) is 5.32 Å². The van der Waals surface area contributed by atoms with Crippen molar-refractivity contribution in [1.29, 1.82) is 0 Å². The van der Waals surface area contributed by atoms with Gasteiger partial charge in [-0.15, -0.1) is 0 Å². The molecule has 0 saturated heterocycles. The molecule has 0 aliphatic rings. The fourth-order valence-electron chi connectivity index (χ4n) is 3.00. The number of sulfone groups is 1. The summed E-state index contributed by atoms with van der Waals surface area (Å²) in [5, 5.41) is 2.69. The number of hydrogen-bond acceptors (Lipinski definition) is 5. The van der Waals surface area contributed by atoms with Crippen LogP contribution in [0.4, 0.5) is 10.1 Å². The van der Waals surface area contributed by atoms with Gasteiger partial charge in [-0.25, -0.2) is 21.2 Å². The van der Waals surface area contributed by atoms with Gasteiger partial charge >= 0.3 is 0 Å². The lowest BCUT2D eigenvalue weighted by atomic mass is 10.1. The Bertz CT molecular complexity index is 1290. The van der Waals surface area contributed by atoms with Crippen molar-refractivity contribution in [2.45, 2.75) is 22.6 Å². The number of sulfonamides is 1. The van der Waals surface area contributed by atoms with E-state index in [0.29, 0.717) is 11.3 Å². The first-order chi connectivity index (χ1) is 15.7. The van der Waals surface area contributed by atoms with Crippen LogP contribution in [0.3, 0.4) is 0 Å². The topological polar surface area (TPSA) is 109 Å². The van der Waals surface area contributed by atoms with Crippen LogP contribution in [-0.4, -0.2) is 35.0 Å². The first-order valence-electron chi connectivity index (χ1n) is 10.1. The van der Waals surface area contributed by atoms with E-state index < -0.39 is 25.7 Å². The van der Waals surface area contributed by atoms with E-state index in [1.807, 2.05) is 0 Å². The summed E-state index contributed by atoms with van der Waals surface area (Å²) in [5.41, 5.74) is 0.962. The molecule has 0 aromatic heterocycles. The first kappa shape index (κ1) is 24.4. The fraction of sp³-hybridized carbons (Fsp3) is 0.174. The Kier molecular flexibility index (Phi) is 7.83. The fourth-order valence-corrected chi connectivity index (χ4v) is 5.39. The number of halogens is 1. The van der Waals surface area contributed by atoms with Gasteiger partial charge in [0.25, 0.3) is 10.0 Å². The van der Waals surface area contributed by atoms with Crippen molar-refractivity contribution in [2.75, 3.05) is 17.0 Å². The maximum atomic E-state index is 13.0.